The van der Waals surface area contributed by atoms with E-state index in [2.05, 4.69) is 4.98 Å². The van der Waals surface area contributed by atoms with E-state index in [9.17, 15) is 19.1 Å². The van der Waals surface area contributed by atoms with Crippen LogP contribution in [0.2, 0.25) is 0 Å². The number of H-pyrrole nitrogens is 1. The van der Waals surface area contributed by atoms with Gasteiger partial charge in [-0.2, -0.15) is 0 Å². The number of nitrogens with one attached hydrogen (secondary N) is 1. The molecule has 1 aliphatic rings. The van der Waals surface area contributed by atoms with Gasteiger partial charge in [-0.3, -0.25) is 4.79 Å². The van der Waals surface area contributed by atoms with Gasteiger partial charge in [-0.25, -0.2) is 9.18 Å². The van der Waals surface area contributed by atoms with Crippen LogP contribution in [0.4, 0.5) is 4.39 Å². The van der Waals surface area contributed by atoms with E-state index in [0.29, 0.717) is 28.5 Å². The van der Waals surface area contributed by atoms with Gasteiger partial charge in [0.15, 0.2) is 6.23 Å². The number of rotatable bonds is 4. The zero-order valence-electron chi connectivity index (χ0n) is 14.5. The molecule has 7 heteroatoms. The van der Waals surface area contributed by atoms with Crippen LogP contribution in [-0.4, -0.2) is 40.5 Å². The van der Waals surface area contributed by atoms with Gasteiger partial charge >= 0.3 is 5.97 Å². The largest absolute Gasteiger partial charge is 0.465 e. The number of aromatic nitrogens is 1. The lowest BCUT2D eigenvalue weighted by molar-refractivity contribution is 0.0182. The fraction of sp³-hybridized carbons (Fsp3) is 0.200. The number of esters is 1. The molecular formula is C20H17FN2O4. The summed E-state index contributed by atoms with van der Waals surface area (Å²) in [6, 6.07) is 9.38. The molecule has 0 saturated carbocycles. The molecule has 4 rings (SSSR count). The molecule has 1 aliphatic heterocycles. The van der Waals surface area contributed by atoms with E-state index in [1.165, 1.54) is 18.1 Å². The van der Waals surface area contributed by atoms with Crippen molar-refractivity contribution < 1.29 is 23.8 Å². The zero-order chi connectivity index (χ0) is 19.1. The lowest BCUT2D eigenvalue weighted by atomic mass is 10.0. The van der Waals surface area contributed by atoms with Crippen LogP contribution in [0.1, 0.15) is 38.1 Å². The fourth-order valence-electron chi connectivity index (χ4n) is 3.59. The van der Waals surface area contributed by atoms with Gasteiger partial charge in [0.25, 0.3) is 5.91 Å². The van der Waals surface area contributed by atoms with E-state index >= 15 is 0 Å². The Balaban J connectivity index is 1.64. The topological polar surface area (TPSA) is 82.6 Å². The maximum atomic E-state index is 13.8. The second kappa shape index (κ2) is 6.51. The molecule has 0 aliphatic carbocycles. The molecule has 3 aromatic rings. The van der Waals surface area contributed by atoms with Crippen LogP contribution >= 0.6 is 0 Å². The molecule has 6 nitrogen and oxygen atoms in total. The highest BCUT2D eigenvalue weighted by molar-refractivity contribution is 6.05. The number of hydrogen-bond acceptors (Lipinski definition) is 4. The third-order valence-electron chi connectivity index (χ3n) is 4.88. The number of fused-ring (bicyclic) bond motifs is 2. The summed E-state index contributed by atoms with van der Waals surface area (Å²) in [7, 11) is 1.24. The average molecular weight is 368 g/mol. The zero-order valence-corrected chi connectivity index (χ0v) is 14.5. The third-order valence-corrected chi connectivity index (χ3v) is 4.88. The first-order valence-corrected chi connectivity index (χ1v) is 8.47. The van der Waals surface area contributed by atoms with Crippen molar-refractivity contribution >= 4 is 22.8 Å². The number of aliphatic hydroxyl groups excluding tert-OH is 1. The first-order valence-electron chi connectivity index (χ1n) is 8.47. The summed E-state index contributed by atoms with van der Waals surface area (Å²) in [5.74, 6) is -1.42. The Morgan fingerprint density at radius 2 is 2.11 bits per heavy atom. The van der Waals surface area contributed by atoms with E-state index < -0.39 is 18.0 Å². The van der Waals surface area contributed by atoms with Crippen LogP contribution in [0, 0.1) is 5.82 Å². The molecule has 0 fully saturated rings. The molecule has 27 heavy (non-hydrogen) atoms. The number of halogens is 1. The van der Waals surface area contributed by atoms with Crippen molar-refractivity contribution in [1.82, 2.24) is 9.88 Å². The lowest BCUT2D eigenvalue weighted by Crippen LogP contribution is -2.30. The van der Waals surface area contributed by atoms with Gasteiger partial charge in [0.1, 0.15) is 5.82 Å². The highest BCUT2D eigenvalue weighted by Crippen LogP contribution is 2.32. The Morgan fingerprint density at radius 3 is 2.85 bits per heavy atom. The van der Waals surface area contributed by atoms with Crippen molar-refractivity contribution in [3.05, 3.63) is 70.7 Å². The number of aliphatic hydroxyl groups is 1. The van der Waals surface area contributed by atoms with E-state index in [1.807, 2.05) is 0 Å². The Labute approximate surface area is 154 Å². The molecule has 2 heterocycles. The number of hydrogen-bond donors (Lipinski definition) is 2. The minimum Gasteiger partial charge on any atom is -0.465 e. The highest BCUT2D eigenvalue weighted by atomic mass is 19.1. The number of carbonyl (C=O) groups is 2. The van der Waals surface area contributed by atoms with E-state index in [4.69, 9.17) is 4.74 Å². The van der Waals surface area contributed by atoms with Crippen LogP contribution in [0.3, 0.4) is 0 Å². The molecular weight excluding hydrogens is 351 g/mol. The summed E-state index contributed by atoms with van der Waals surface area (Å²) in [4.78, 5) is 28.9. The summed E-state index contributed by atoms with van der Waals surface area (Å²) in [5.41, 5.74) is 2.41. The molecule has 1 unspecified atom stereocenters. The quantitative estimate of drug-likeness (QED) is 0.694. The van der Waals surface area contributed by atoms with Gasteiger partial charge in [0.05, 0.1) is 12.7 Å². The number of ether oxygens (including phenoxy) is 1. The molecule has 0 bridgehead atoms. The van der Waals surface area contributed by atoms with Crippen molar-refractivity contribution in [3.8, 4) is 0 Å². The third kappa shape index (κ3) is 2.76. The minimum absolute atomic E-state index is 0.125. The SMILES string of the molecule is COC(=O)c1cc(F)cc2[nH]cc(CCN3C(=O)c4ccccc4C3O)c12. The second-order valence-electron chi connectivity index (χ2n) is 6.39. The molecule has 2 N–H and O–H groups in total. The number of methoxy groups -OCH3 is 1. The Hall–Kier alpha value is -3.19. The van der Waals surface area contributed by atoms with Crippen LogP contribution in [0.15, 0.2) is 42.6 Å². The lowest BCUT2D eigenvalue weighted by Gasteiger charge is -2.20. The number of nitrogens with zero attached hydrogens (tertiary/aromatic N) is 1. The fourth-order valence-corrected chi connectivity index (χ4v) is 3.59. The maximum absolute atomic E-state index is 13.8. The average Bonchev–Trinajstić information content (AvgIpc) is 3.18. The van der Waals surface area contributed by atoms with Gasteiger partial charge < -0.3 is 19.7 Å². The van der Waals surface area contributed by atoms with Crippen molar-refractivity contribution in [1.29, 1.82) is 0 Å². The van der Waals surface area contributed by atoms with Gasteiger partial charge in [-0.15, -0.1) is 0 Å². The predicted octanol–water partition coefficient (Wildman–Crippen LogP) is 2.78. The summed E-state index contributed by atoms with van der Waals surface area (Å²) < 4.78 is 18.5. The highest BCUT2D eigenvalue weighted by Gasteiger charge is 2.34. The Kier molecular flexibility index (Phi) is 4.16. The number of aromatic amines is 1. The first kappa shape index (κ1) is 17.2. The maximum Gasteiger partial charge on any atom is 0.338 e. The summed E-state index contributed by atoms with van der Waals surface area (Å²) >= 11 is 0. The molecule has 1 amide bonds. The van der Waals surface area contributed by atoms with Gasteiger partial charge in [-0.1, -0.05) is 18.2 Å². The van der Waals surface area contributed by atoms with E-state index in [1.54, 1.807) is 30.5 Å². The van der Waals surface area contributed by atoms with Crippen LogP contribution in [-0.2, 0) is 11.2 Å². The van der Waals surface area contributed by atoms with Crippen LogP contribution < -0.4 is 0 Å². The Bertz CT molecular complexity index is 1060. The summed E-state index contributed by atoms with van der Waals surface area (Å²) in [6.45, 7) is 0.250. The van der Waals surface area contributed by atoms with E-state index in [0.717, 1.165) is 11.6 Å². The first-order chi connectivity index (χ1) is 13.0. The number of amides is 1. The van der Waals surface area contributed by atoms with Crippen molar-refractivity contribution in [2.45, 2.75) is 12.6 Å². The van der Waals surface area contributed by atoms with Crippen molar-refractivity contribution in [2.24, 2.45) is 0 Å². The normalized spacial score (nSPS) is 16.0. The molecule has 1 aromatic heterocycles. The summed E-state index contributed by atoms with van der Waals surface area (Å²) in [5, 5.41) is 11.0. The van der Waals surface area contributed by atoms with Crippen molar-refractivity contribution in [3.63, 3.8) is 0 Å². The molecule has 0 radical (unpaired) electrons. The molecule has 138 valence electrons. The molecule has 0 spiro atoms. The number of benzene rings is 2. The second-order valence-corrected chi connectivity index (χ2v) is 6.39. The minimum atomic E-state index is -1.00. The van der Waals surface area contributed by atoms with Gasteiger partial charge in [0, 0.05) is 34.8 Å². The Morgan fingerprint density at radius 1 is 1.33 bits per heavy atom. The van der Waals surface area contributed by atoms with Crippen LogP contribution in [0.25, 0.3) is 10.9 Å². The standard InChI is InChI=1S/C20H17FN2O4/c1-27-20(26)15-8-12(21)9-16-17(15)11(10-22-16)6-7-23-18(24)13-4-2-3-5-14(13)19(23)25/h2-5,8-10,18,22,24H,6-7H2,1H3. The predicted molar refractivity (Wildman–Crippen MR) is 95.7 cm³/mol. The molecule has 0 saturated heterocycles. The number of carbonyl (C=O) groups excluding carboxylic acids is 2. The molecule has 2 aromatic carbocycles. The monoisotopic (exact) mass is 368 g/mol. The van der Waals surface area contributed by atoms with Crippen LogP contribution in [0.5, 0.6) is 0 Å². The van der Waals surface area contributed by atoms with Crippen molar-refractivity contribution in [2.75, 3.05) is 13.7 Å². The van der Waals surface area contributed by atoms with Gasteiger partial charge in [0.2, 0.25) is 0 Å². The smallest absolute Gasteiger partial charge is 0.338 e. The van der Waals surface area contributed by atoms with Gasteiger partial charge in [-0.05, 0) is 30.2 Å². The van der Waals surface area contributed by atoms with E-state index in [-0.39, 0.29) is 18.0 Å². The molecule has 1 atom stereocenters. The summed E-state index contributed by atoms with van der Waals surface area (Å²) in [6.07, 6.45) is 1.06.